The summed E-state index contributed by atoms with van der Waals surface area (Å²) in [6, 6.07) is 0. The van der Waals surface area contributed by atoms with Gasteiger partial charge in [-0.2, -0.15) is 0 Å². The molecular formula is H3BCrMoNb. The maximum Gasteiger partial charge on any atom is 0.0814 e. The number of rotatable bonds is 0. The largest absolute Gasteiger partial charge is 0.0814 e. The van der Waals surface area contributed by atoms with Crippen LogP contribution in [0.3, 0.4) is 0 Å². The first kappa shape index (κ1) is 37.1. The summed E-state index contributed by atoms with van der Waals surface area (Å²) < 4.78 is 0. The Hall–Kier alpha value is 2.03. The Labute approximate surface area is 68.6 Å². The van der Waals surface area contributed by atoms with E-state index < -0.39 is 0 Å². The van der Waals surface area contributed by atoms with Gasteiger partial charge in [0.15, 0.2) is 0 Å². The molecule has 0 aliphatic carbocycles. The third-order valence-corrected chi connectivity index (χ3v) is 0. The van der Waals surface area contributed by atoms with E-state index in [9.17, 15) is 0 Å². The minimum atomic E-state index is 0. The minimum absolute atomic E-state index is 0. The third kappa shape index (κ3) is 8.98. The standard InChI is InChI=1S/BH3.Cr.Mo.Nb/h1H3;;;. The van der Waals surface area contributed by atoms with Crippen LogP contribution in [0.4, 0.5) is 0 Å². The normalized spacial score (nSPS) is 0. The molecule has 0 unspecified atom stereocenters. The first-order chi connectivity index (χ1) is 0. The molecule has 0 aromatic carbocycles. The van der Waals surface area contributed by atoms with Crippen LogP contribution in [0.2, 0.25) is 0 Å². The van der Waals surface area contributed by atoms with Gasteiger partial charge in [-0.3, -0.25) is 0 Å². The number of hydrogen-bond donors (Lipinski definition) is 0. The zero-order valence-corrected chi connectivity index (χ0v) is 6.74. The second kappa shape index (κ2) is 19.8. The van der Waals surface area contributed by atoms with Crippen LogP contribution in [0, 0.1) is 0 Å². The molecule has 0 atom stereocenters. The molecule has 1 radical (unpaired) electrons. The molecule has 0 N–H and O–H groups in total. The molecule has 0 spiro atoms. The van der Waals surface area contributed by atoms with Crippen molar-refractivity contribution in [3.05, 3.63) is 0 Å². The fourth-order valence-corrected chi connectivity index (χ4v) is 0. The van der Waals surface area contributed by atoms with Crippen molar-refractivity contribution < 1.29 is 60.8 Å². The van der Waals surface area contributed by atoms with Crippen LogP contribution in [0.25, 0.3) is 0 Å². The maximum atomic E-state index is 0. The summed E-state index contributed by atoms with van der Waals surface area (Å²) in [5.74, 6) is 0. The second-order valence-electron chi connectivity index (χ2n) is 0. The first-order valence-electron chi connectivity index (χ1n) is 0. The summed E-state index contributed by atoms with van der Waals surface area (Å²) in [5, 5.41) is 0. The van der Waals surface area contributed by atoms with Crippen molar-refractivity contribution in [2.75, 3.05) is 0 Å². The molecule has 0 bridgehead atoms. The Morgan fingerprint density at radius 1 is 1.00 bits per heavy atom. The molecule has 23 valence electrons. The molecule has 0 aromatic heterocycles. The van der Waals surface area contributed by atoms with Crippen molar-refractivity contribution in [1.29, 1.82) is 0 Å². The third-order valence-electron chi connectivity index (χ3n) is 0. The smallest absolute Gasteiger partial charge is 0 e. The Bertz CT molecular complexity index is 8.00. The van der Waals surface area contributed by atoms with Gasteiger partial charge in [0.1, 0.15) is 0 Å². The minimum Gasteiger partial charge on any atom is 0 e. The van der Waals surface area contributed by atoms with Crippen LogP contribution in [-0.4, -0.2) is 8.41 Å². The fourth-order valence-electron chi connectivity index (χ4n) is 0. The van der Waals surface area contributed by atoms with E-state index in [2.05, 4.69) is 0 Å². The van der Waals surface area contributed by atoms with Gasteiger partial charge in [-0.25, -0.2) is 0 Å². The Morgan fingerprint density at radius 3 is 1.00 bits per heavy atom. The molecule has 0 aromatic rings. The van der Waals surface area contributed by atoms with Gasteiger partial charge >= 0.3 is 0 Å². The van der Waals surface area contributed by atoms with E-state index in [0.717, 1.165) is 0 Å². The summed E-state index contributed by atoms with van der Waals surface area (Å²) in [6.07, 6.45) is 0. The van der Waals surface area contributed by atoms with Crippen molar-refractivity contribution >= 4 is 8.41 Å². The van der Waals surface area contributed by atoms with Gasteiger partial charge in [0.05, 0.1) is 8.41 Å². The van der Waals surface area contributed by atoms with Gasteiger partial charge in [0.2, 0.25) is 0 Å². The summed E-state index contributed by atoms with van der Waals surface area (Å²) in [4.78, 5) is 0. The summed E-state index contributed by atoms with van der Waals surface area (Å²) in [6.45, 7) is 0. The monoisotopic (exact) mass is 257 g/mol. The van der Waals surface area contributed by atoms with E-state index >= 15 is 0 Å². The average Bonchev–Trinajstić information content (AvgIpc) is 0. The van der Waals surface area contributed by atoms with Crippen LogP contribution < -0.4 is 0 Å². The SMILES string of the molecule is B.[Cr].[Mo].[Nb]. The van der Waals surface area contributed by atoms with Crippen LogP contribution >= 0.6 is 0 Å². The van der Waals surface area contributed by atoms with Gasteiger partial charge in [-0.1, -0.05) is 0 Å². The fraction of sp³-hybridized carbons (Fsp3) is 0. The van der Waals surface area contributed by atoms with Crippen molar-refractivity contribution in [3.63, 3.8) is 0 Å². The van der Waals surface area contributed by atoms with Gasteiger partial charge < -0.3 is 0 Å². The van der Waals surface area contributed by atoms with E-state index in [-0.39, 0.29) is 69.2 Å². The molecule has 0 saturated heterocycles. The Kier molecular flexibility index (Phi) is 184. The second-order valence-corrected chi connectivity index (χ2v) is 0. The van der Waals surface area contributed by atoms with Crippen LogP contribution in [0.15, 0.2) is 0 Å². The molecule has 4 heteroatoms. The van der Waals surface area contributed by atoms with E-state index in [0.29, 0.717) is 0 Å². The molecule has 0 fully saturated rings. The van der Waals surface area contributed by atoms with Crippen LogP contribution in [0.1, 0.15) is 0 Å². The predicted octanol–water partition coefficient (Wildman–Crippen LogP) is -1.19. The van der Waals surface area contributed by atoms with Crippen molar-refractivity contribution in [3.8, 4) is 0 Å². The van der Waals surface area contributed by atoms with Crippen LogP contribution in [0.5, 0.6) is 0 Å². The van der Waals surface area contributed by atoms with Gasteiger partial charge in [-0.15, -0.1) is 0 Å². The van der Waals surface area contributed by atoms with Crippen LogP contribution in [-0.2, 0) is 60.8 Å². The van der Waals surface area contributed by atoms with E-state index in [4.69, 9.17) is 0 Å². The molecule has 4 heavy (non-hydrogen) atoms. The summed E-state index contributed by atoms with van der Waals surface area (Å²) >= 11 is 0. The zero-order valence-electron chi connectivity index (χ0n) is 1.26. The molecule has 0 saturated carbocycles. The molecular weight excluding hydrogens is 252 g/mol. The van der Waals surface area contributed by atoms with E-state index in [1.54, 1.807) is 0 Å². The molecule has 0 heterocycles. The Morgan fingerprint density at radius 2 is 1.00 bits per heavy atom. The molecule has 0 amide bonds. The van der Waals surface area contributed by atoms with Gasteiger partial charge in [-0.05, 0) is 0 Å². The zero-order chi connectivity index (χ0) is 0. The molecule has 0 rings (SSSR count). The average molecular weight is 255 g/mol. The van der Waals surface area contributed by atoms with E-state index in [1.165, 1.54) is 0 Å². The maximum absolute atomic E-state index is 0. The molecule has 0 aliphatic heterocycles. The quantitative estimate of drug-likeness (QED) is 0.477. The van der Waals surface area contributed by atoms with Gasteiger partial charge in [0, 0.05) is 60.8 Å². The predicted molar refractivity (Wildman–Crippen MR) is 9.94 cm³/mol. The Balaban J connectivity index is 0. The summed E-state index contributed by atoms with van der Waals surface area (Å²) in [7, 11) is 0. The number of hydrogen-bond acceptors (Lipinski definition) is 0. The first-order valence-corrected chi connectivity index (χ1v) is 0. The van der Waals surface area contributed by atoms with Crippen molar-refractivity contribution in [2.24, 2.45) is 0 Å². The van der Waals surface area contributed by atoms with E-state index in [1.807, 2.05) is 0 Å². The molecule has 0 aliphatic rings. The summed E-state index contributed by atoms with van der Waals surface area (Å²) in [5.41, 5.74) is 0. The van der Waals surface area contributed by atoms with Crippen molar-refractivity contribution in [1.82, 2.24) is 0 Å². The van der Waals surface area contributed by atoms with Gasteiger partial charge in [0.25, 0.3) is 0 Å². The topological polar surface area (TPSA) is 0 Å². The van der Waals surface area contributed by atoms with Crippen molar-refractivity contribution in [2.45, 2.75) is 0 Å². The molecule has 0 nitrogen and oxygen atoms in total.